The Bertz CT molecular complexity index is 1080. The highest BCUT2D eigenvalue weighted by Gasteiger charge is 2.42. The summed E-state index contributed by atoms with van der Waals surface area (Å²) >= 11 is 0. The molecular formula is C19H17FN2O6S. The minimum Gasteiger partial charge on any atom is -0.465 e. The van der Waals surface area contributed by atoms with Gasteiger partial charge in [-0.05, 0) is 42.3 Å². The van der Waals surface area contributed by atoms with E-state index >= 15 is 0 Å². The van der Waals surface area contributed by atoms with Crippen LogP contribution in [0.2, 0.25) is 0 Å². The zero-order valence-electron chi connectivity index (χ0n) is 15.3. The predicted octanol–water partition coefficient (Wildman–Crippen LogP) is 1.12. The number of amides is 2. The third kappa shape index (κ3) is 4.11. The average molecular weight is 420 g/mol. The maximum Gasteiger partial charge on any atom is 0.337 e. The van der Waals surface area contributed by atoms with Gasteiger partial charge < -0.3 is 10.1 Å². The monoisotopic (exact) mass is 420 g/mol. The Labute approximate surface area is 166 Å². The van der Waals surface area contributed by atoms with Crippen LogP contribution in [0.3, 0.4) is 0 Å². The number of methoxy groups -OCH3 is 1. The molecule has 10 heteroatoms. The van der Waals surface area contributed by atoms with E-state index in [1.807, 2.05) is 0 Å². The fraction of sp³-hybridized carbons (Fsp3) is 0.211. The van der Waals surface area contributed by atoms with E-state index in [9.17, 15) is 27.2 Å². The number of nitrogens with one attached hydrogen (secondary N) is 1. The molecular weight excluding hydrogens is 403 g/mol. The smallest absolute Gasteiger partial charge is 0.337 e. The quantitative estimate of drug-likeness (QED) is 0.702. The molecule has 0 saturated carbocycles. The van der Waals surface area contributed by atoms with Crippen molar-refractivity contribution in [3.05, 3.63) is 65.0 Å². The van der Waals surface area contributed by atoms with Crippen molar-refractivity contribution in [2.75, 3.05) is 20.2 Å². The second-order valence-corrected chi connectivity index (χ2v) is 8.08. The van der Waals surface area contributed by atoms with Crippen molar-refractivity contribution in [2.24, 2.45) is 0 Å². The maximum absolute atomic E-state index is 12.9. The second-order valence-electron chi connectivity index (χ2n) is 6.25. The first-order valence-electron chi connectivity index (χ1n) is 8.54. The van der Waals surface area contributed by atoms with Crippen molar-refractivity contribution >= 4 is 27.8 Å². The zero-order chi connectivity index (χ0) is 21.2. The standard InChI is InChI=1S/C19H17FN2O6S/c1-28-19(25)13-4-7-15-16(10-13)29(26,27)22(18(15)24)11-17(23)21-9-8-12-2-5-14(20)6-3-12/h2-7,10H,8-9,11H2,1H3,(H,21,23). The number of hydrogen-bond donors (Lipinski definition) is 1. The van der Waals surface area contributed by atoms with E-state index < -0.39 is 34.4 Å². The minimum atomic E-state index is -4.26. The highest BCUT2D eigenvalue weighted by Crippen LogP contribution is 2.31. The van der Waals surface area contributed by atoms with E-state index in [2.05, 4.69) is 10.1 Å². The highest BCUT2D eigenvalue weighted by molar-refractivity contribution is 7.90. The summed E-state index contributed by atoms with van der Waals surface area (Å²) in [5.74, 6) is -2.62. The maximum atomic E-state index is 12.9. The van der Waals surface area contributed by atoms with Gasteiger partial charge in [0.2, 0.25) is 5.91 Å². The van der Waals surface area contributed by atoms with Gasteiger partial charge in [0.05, 0.1) is 18.2 Å². The Morgan fingerprint density at radius 2 is 1.83 bits per heavy atom. The average Bonchev–Trinajstić information content (AvgIpc) is 2.89. The molecule has 0 unspecified atom stereocenters. The molecule has 29 heavy (non-hydrogen) atoms. The van der Waals surface area contributed by atoms with Crippen LogP contribution in [0.15, 0.2) is 47.4 Å². The Hall–Kier alpha value is -3.27. The molecule has 0 atom stereocenters. The Balaban J connectivity index is 1.67. The third-order valence-corrected chi connectivity index (χ3v) is 6.13. The summed E-state index contributed by atoms with van der Waals surface area (Å²) in [6.45, 7) is -0.501. The zero-order valence-corrected chi connectivity index (χ0v) is 16.2. The van der Waals surface area contributed by atoms with Crippen molar-refractivity contribution in [3.63, 3.8) is 0 Å². The molecule has 1 aliphatic rings. The van der Waals surface area contributed by atoms with Crippen molar-refractivity contribution in [1.29, 1.82) is 0 Å². The molecule has 3 rings (SSSR count). The van der Waals surface area contributed by atoms with Crippen LogP contribution in [0, 0.1) is 5.82 Å². The summed E-state index contributed by atoms with van der Waals surface area (Å²) in [6.07, 6.45) is 0.412. The minimum absolute atomic E-state index is 0.0202. The van der Waals surface area contributed by atoms with Gasteiger partial charge in [-0.1, -0.05) is 12.1 Å². The molecule has 0 radical (unpaired) electrons. The Morgan fingerprint density at radius 1 is 1.14 bits per heavy atom. The lowest BCUT2D eigenvalue weighted by Crippen LogP contribution is -2.40. The lowest BCUT2D eigenvalue weighted by atomic mass is 10.1. The van der Waals surface area contributed by atoms with E-state index in [1.165, 1.54) is 24.3 Å². The van der Waals surface area contributed by atoms with Gasteiger partial charge >= 0.3 is 5.97 Å². The molecule has 0 spiro atoms. The third-order valence-electron chi connectivity index (χ3n) is 4.36. The fourth-order valence-electron chi connectivity index (χ4n) is 2.86. The number of carbonyl (C=O) groups is 3. The highest BCUT2D eigenvalue weighted by atomic mass is 32.2. The molecule has 0 saturated heterocycles. The number of sulfonamides is 1. The number of esters is 1. The van der Waals surface area contributed by atoms with Crippen LogP contribution in [-0.4, -0.2) is 50.7 Å². The topological polar surface area (TPSA) is 110 Å². The van der Waals surface area contributed by atoms with Crippen molar-refractivity contribution in [3.8, 4) is 0 Å². The van der Waals surface area contributed by atoms with E-state index in [0.29, 0.717) is 10.7 Å². The van der Waals surface area contributed by atoms with Crippen LogP contribution in [0.1, 0.15) is 26.3 Å². The summed E-state index contributed by atoms with van der Waals surface area (Å²) < 4.78 is 43.2. The summed E-state index contributed by atoms with van der Waals surface area (Å²) in [5, 5.41) is 2.53. The van der Waals surface area contributed by atoms with E-state index in [1.54, 1.807) is 12.1 Å². The molecule has 2 aromatic rings. The molecule has 2 amide bonds. The summed E-state index contributed by atoms with van der Waals surface area (Å²) in [5.41, 5.74) is 0.657. The molecule has 0 fully saturated rings. The Morgan fingerprint density at radius 3 is 2.48 bits per heavy atom. The Kier molecular flexibility index (Phi) is 5.64. The fourth-order valence-corrected chi connectivity index (χ4v) is 4.41. The number of hydrogen-bond acceptors (Lipinski definition) is 6. The number of rotatable bonds is 6. The molecule has 0 bridgehead atoms. The number of benzene rings is 2. The molecule has 1 heterocycles. The van der Waals surface area contributed by atoms with Gasteiger partial charge in [-0.3, -0.25) is 9.59 Å². The lowest BCUT2D eigenvalue weighted by Gasteiger charge is -2.14. The first kappa shape index (κ1) is 20.5. The first-order valence-corrected chi connectivity index (χ1v) is 9.98. The van der Waals surface area contributed by atoms with Crippen LogP contribution in [0.25, 0.3) is 0 Å². The molecule has 0 aliphatic carbocycles. The molecule has 8 nitrogen and oxygen atoms in total. The second kappa shape index (κ2) is 8.00. The van der Waals surface area contributed by atoms with Crippen LogP contribution in [0.4, 0.5) is 4.39 Å². The lowest BCUT2D eigenvalue weighted by molar-refractivity contribution is -0.121. The van der Waals surface area contributed by atoms with Crippen molar-refractivity contribution < 1.29 is 31.9 Å². The molecule has 1 aliphatic heterocycles. The van der Waals surface area contributed by atoms with Crippen LogP contribution in [0.5, 0.6) is 0 Å². The summed E-state index contributed by atoms with van der Waals surface area (Å²) in [4.78, 5) is 35.9. The van der Waals surface area contributed by atoms with Crippen LogP contribution >= 0.6 is 0 Å². The molecule has 152 valence electrons. The van der Waals surface area contributed by atoms with Gasteiger partial charge in [-0.2, -0.15) is 0 Å². The van der Waals surface area contributed by atoms with E-state index in [-0.39, 0.29) is 28.4 Å². The van der Waals surface area contributed by atoms with Gasteiger partial charge in [0.1, 0.15) is 17.3 Å². The number of ether oxygens (including phenoxy) is 1. The molecule has 2 aromatic carbocycles. The SMILES string of the molecule is COC(=O)c1ccc2c(c1)S(=O)(=O)N(CC(=O)NCCc1ccc(F)cc1)C2=O. The van der Waals surface area contributed by atoms with Gasteiger partial charge in [0.15, 0.2) is 0 Å². The van der Waals surface area contributed by atoms with Gasteiger partial charge in [0.25, 0.3) is 15.9 Å². The number of fused-ring (bicyclic) bond motifs is 1. The van der Waals surface area contributed by atoms with Gasteiger partial charge in [0, 0.05) is 6.54 Å². The first-order chi connectivity index (χ1) is 13.7. The van der Waals surface area contributed by atoms with E-state index in [0.717, 1.165) is 18.7 Å². The van der Waals surface area contributed by atoms with Gasteiger partial charge in [-0.25, -0.2) is 21.9 Å². The summed E-state index contributed by atoms with van der Waals surface area (Å²) in [6, 6.07) is 9.30. The van der Waals surface area contributed by atoms with Gasteiger partial charge in [-0.15, -0.1) is 0 Å². The largest absolute Gasteiger partial charge is 0.465 e. The van der Waals surface area contributed by atoms with E-state index in [4.69, 9.17) is 0 Å². The summed E-state index contributed by atoms with van der Waals surface area (Å²) in [7, 11) is -3.11. The van der Waals surface area contributed by atoms with Crippen LogP contribution in [-0.2, 0) is 26.0 Å². The van der Waals surface area contributed by atoms with Crippen molar-refractivity contribution in [1.82, 2.24) is 9.62 Å². The van der Waals surface area contributed by atoms with Crippen LogP contribution < -0.4 is 5.32 Å². The molecule has 0 aromatic heterocycles. The normalized spacial score (nSPS) is 14.4. The predicted molar refractivity (Wildman–Crippen MR) is 99.1 cm³/mol. The number of halogens is 1. The molecule has 1 N–H and O–H groups in total. The number of nitrogens with zero attached hydrogens (tertiary/aromatic N) is 1. The number of carbonyl (C=O) groups excluding carboxylic acids is 3. The van der Waals surface area contributed by atoms with Crippen molar-refractivity contribution in [2.45, 2.75) is 11.3 Å².